The van der Waals surface area contributed by atoms with Crippen LogP contribution in [-0.4, -0.2) is 25.5 Å². The molecule has 4 nitrogen and oxygen atoms in total. The summed E-state index contributed by atoms with van der Waals surface area (Å²) in [5.74, 6) is -0.636. The van der Waals surface area contributed by atoms with Gasteiger partial charge in [0, 0.05) is 51.0 Å². The van der Waals surface area contributed by atoms with E-state index >= 15 is 0 Å². The SMILES string of the molecule is CC(C)(CN=Cc1cc(Cl)cc(Cl)c1[O-])CN=Cc1cc(Cl)cc(Cl)c1[O-].[Ni+2]. The molecule has 152 valence electrons. The first-order chi connectivity index (χ1) is 12.6. The minimum absolute atomic E-state index is 0. The van der Waals surface area contributed by atoms with E-state index in [2.05, 4.69) is 9.98 Å². The maximum Gasteiger partial charge on any atom is 2.00 e. The summed E-state index contributed by atoms with van der Waals surface area (Å²) in [4.78, 5) is 8.62. The van der Waals surface area contributed by atoms with Crippen LogP contribution in [0.1, 0.15) is 25.0 Å². The molecule has 0 bridgehead atoms. The van der Waals surface area contributed by atoms with Gasteiger partial charge in [-0.2, -0.15) is 0 Å². The molecule has 2 aromatic carbocycles. The molecule has 0 saturated heterocycles. The Hall–Kier alpha value is -0.966. The molecule has 0 amide bonds. The molecule has 2 rings (SSSR count). The average molecular weight is 505 g/mol. The molecule has 0 unspecified atom stereocenters. The maximum absolute atomic E-state index is 11.9. The Morgan fingerprint density at radius 2 is 1.14 bits per heavy atom. The van der Waals surface area contributed by atoms with Crippen LogP contribution in [0.4, 0.5) is 0 Å². The Bertz CT molecular complexity index is 830. The molecule has 0 N–H and O–H groups in total. The van der Waals surface area contributed by atoms with Gasteiger partial charge in [0.05, 0.1) is 0 Å². The molecule has 28 heavy (non-hydrogen) atoms. The zero-order valence-corrected chi connectivity index (χ0v) is 18.9. The number of benzene rings is 2. The third-order valence-corrected chi connectivity index (χ3v) is 4.57. The van der Waals surface area contributed by atoms with Crippen LogP contribution in [0.15, 0.2) is 34.3 Å². The van der Waals surface area contributed by atoms with Gasteiger partial charge in [-0.1, -0.05) is 71.8 Å². The van der Waals surface area contributed by atoms with E-state index in [1.807, 2.05) is 13.8 Å². The minimum atomic E-state index is -0.318. The fraction of sp³-hybridized carbons (Fsp3) is 0.263. The Labute approximate surface area is 194 Å². The van der Waals surface area contributed by atoms with Crippen molar-refractivity contribution in [1.29, 1.82) is 0 Å². The van der Waals surface area contributed by atoms with Gasteiger partial charge in [-0.15, -0.1) is 0 Å². The fourth-order valence-electron chi connectivity index (χ4n) is 2.18. The number of hydrogen-bond donors (Lipinski definition) is 0. The summed E-state index contributed by atoms with van der Waals surface area (Å²) >= 11 is 23.5. The predicted octanol–water partition coefficient (Wildman–Crippen LogP) is 5.01. The molecule has 0 fully saturated rings. The third kappa shape index (κ3) is 7.13. The van der Waals surface area contributed by atoms with Crippen LogP contribution in [0, 0.1) is 5.41 Å². The standard InChI is InChI=1S/C19H18Cl4N2O2.Ni/c1-19(2,9-24-7-11-3-13(20)5-15(22)17(11)26)10-25-8-12-4-14(21)6-16(23)18(12)27;/h3-8,26-27H,9-10H2,1-2H3;/q;+2/p-2. The Balaban J connectivity index is 0.00000392. The quantitative estimate of drug-likeness (QED) is 0.410. The van der Waals surface area contributed by atoms with Crippen molar-refractivity contribution in [3.05, 3.63) is 55.5 Å². The smallest absolute Gasteiger partial charge is 0.871 e. The van der Waals surface area contributed by atoms with Crippen LogP contribution in [-0.2, 0) is 16.5 Å². The first-order valence-electron chi connectivity index (χ1n) is 7.91. The molecule has 0 aliphatic heterocycles. The molecule has 0 aliphatic rings. The van der Waals surface area contributed by atoms with Crippen molar-refractivity contribution in [3.63, 3.8) is 0 Å². The summed E-state index contributed by atoms with van der Waals surface area (Å²) in [5.41, 5.74) is 0.358. The van der Waals surface area contributed by atoms with Gasteiger partial charge in [-0.3, -0.25) is 9.98 Å². The molecule has 0 heterocycles. The van der Waals surface area contributed by atoms with E-state index in [4.69, 9.17) is 46.4 Å². The molecule has 9 heteroatoms. The molecule has 2 aromatic rings. The molecule has 0 atom stereocenters. The molecular weight excluding hydrogens is 489 g/mol. The molecular formula is C19H16Cl4N2NiO2. The van der Waals surface area contributed by atoms with Crippen molar-refractivity contribution in [3.8, 4) is 11.5 Å². The van der Waals surface area contributed by atoms with Crippen molar-refractivity contribution in [1.82, 2.24) is 0 Å². The molecule has 0 radical (unpaired) electrons. The van der Waals surface area contributed by atoms with Gasteiger partial charge >= 0.3 is 16.5 Å². The summed E-state index contributed by atoms with van der Waals surface area (Å²) in [6.07, 6.45) is 2.91. The molecule has 0 saturated carbocycles. The number of hydrogen-bond acceptors (Lipinski definition) is 4. The number of nitrogens with zero attached hydrogens (tertiary/aromatic N) is 2. The number of rotatable bonds is 6. The average Bonchev–Trinajstić information content (AvgIpc) is 2.56. The zero-order valence-electron chi connectivity index (χ0n) is 14.9. The van der Waals surface area contributed by atoms with Crippen LogP contribution in [0.2, 0.25) is 20.1 Å². The topological polar surface area (TPSA) is 70.8 Å². The second kappa shape index (κ2) is 10.7. The third-order valence-electron chi connectivity index (χ3n) is 3.57. The Morgan fingerprint density at radius 3 is 1.50 bits per heavy atom. The van der Waals surface area contributed by atoms with E-state index in [1.54, 1.807) is 0 Å². The van der Waals surface area contributed by atoms with Gasteiger partial charge in [0.2, 0.25) is 0 Å². The van der Waals surface area contributed by atoms with E-state index in [-0.39, 0.29) is 43.5 Å². The summed E-state index contributed by atoms with van der Waals surface area (Å²) in [5, 5.41) is 24.7. The van der Waals surface area contributed by atoms with Gasteiger partial charge in [-0.05, 0) is 35.4 Å². The fourth-order valence-corrected chi connectivity index (χ4v) is 3.20. The summed E-state index contributed by atoms with van der Waals surface area (Å²) in [6, 6.07) is 5.83. The first-order valence-corrected chi connectivity index (χ1v) is 9.42. The van der Waals surface area contributed by atoms with Gasteiger partial charge in [0.15, 0.2) is 0 Å². The molecule has 0 aliphatic carbocycles. The molecule has 0 aromatic heterocycles. The first kappa shape index (κ1) is 25.1. The van der Waals surface area contributed by atoms with Crippen LogP contribution >= 0.6 is 46.4 Å². The number of aliphatic imine (C=N–C) groups is 2. The van der Waals surface area contributed by atoms with Crippen molar-refractivity contribution in [2.75, 3.05) is 13.1 Å². The van der Waals surface area contributed by atoms with Gasteiger partial charge in [-0.25, -0.2) is 0 Å². The second-order valence-electron chi connectivity index (χ2n) is 6.72. The van der Waals surface area contributed by atoms with Gasteiger partial charge in [0.1, 0.15) is 0 Å². The van der Waals surface area contributed by atoms with Crippen LogP contribution in [0.25, 0.3) is 0 Å². The van der Waals surface area contributed by atoms with Crippen molar-refractivity contribution in [2.45, 2.75) is 13.8 Å². The monoisotopic (exact) mass is 502 g/mol. The Kier molecular flexibility index (Phi) is 9.59. The maximum atomic E-state index is 11.9. The van der Waals surface area contributed by atoms with E-state index in [1.165, 1.54) is 36.7 Å². The molecule has 0 spiro atoms. The van der Waals surface area contributed by atoms with Crippen molar-refractivity contribution < 1.29 is 26.7 Å². The summed E-state index contributed by atoms with van der Waals surface area (Å²) in [6.45, 7) is 4.75. The van der Waals surface area contributed by atoms with Crippen LogP contribution in [0.3, 0.4) is 0 Å². The normalized spacial score (nSPS) is 11.9. The summed E-state index contributed by atoms with van der Waals surface area (Å²) < 4.78 is 0. The van der Waals surface area contributed by atoms with E-state index < -0.39 is 0 Å². The zero-order chi connectivity index (χ0) is 20.2. The van der Waals surface area contributed by atoms with Crippen LogP contribution < -0.4 is 10.2 Å². The largest absolute Gasteiger partial charge is 2.00 e. The number of halogens is 4. The minimum Gasteiger partial charge on any atom is -0.871 e. The predicted molar refractivity (Wildman–Crippen MR) is 111 cm³/mol. The van der Waals surface area contributed by atoms with Gasteiger partial charge in [0.25, 0.3) is 0 Å². The second-order valence-corrected chi connectivity index (χ2v) is 8.40. The van der Waals surface area contributed by atoms with E-state index in [0.717, 1.165) is 0 Å². The van der Waals surface area contributed by atoms with E-state index in [0.29, 0.717) is 34.3 Å². The van der Waals surface area contributed by atoms with Crippen LogP contribution in [0.5, 0.6) is 11.5 Å². The Morgan fingerprint density at radius 1 is 0.786 bits per heavy atom. The van der Waals surface area contributed by atoms with Gasteiger partial charge < -0.3 is 10.2 Å². The van der Waals surface area contributed by atoms with Crippen molar-refractivity contribution in [2.24, 2.45) is 15.4 Å². The van der Waals surface area contributed by atoms with Crippen molar-refractivity contribution >= 4 is 58.8 Å². The summed E-state index contributed by atoms with van der Waals surface area (Å²) in [7, 11) is 0. The van der Waals surface area contributed by atoms with E-state index in [9.17, 15) is 10.2 Å².